The Balaban J connectivity index is 1.44. The van der Waals surface area contributed by atoms with Crippen molar-refractivity contribution in [3.8, 4) is 17.1 Å². The van der Waals surface area contributed by atoms with Crippen molar-refractivity contribution in [3.05, 3.63) is 46.2 Å². The van der Waals surface area contributed by atoms with Crippen LogP contribution in [0.15, 0.2) is 35.3 Å². The number of fused-ring (bicyclic) bond motifs is 5. The number of hydrogen-bond acceptors (Lipinski definition) is 7. The van der Waals surface area contributed by atoms with Crippen LogP contribution in [0.25, 0.3) is 22.3 Å². The summed E-state index contributed by atoms with van der Waals surface area (Å²) in [6.45, 7) is 16.1. The number of nitrogens with zero attached hydrogens (tertiary/aromatic N) is 4. The Morgan fingerprint density at radius 1 is 1.07 bits per heavy atom. The van der Waals surface area contributed by atoms with E-state index in [2.05, 4.69) is 20.8 Å². The minimum atomic E-state index is -0.615. The Kier molecular flexibility index (Phi) is 6.92. The molecule has 4 heterocycles. The molecule has 40 heavy (non-hydrogen) atoms. The molecule has 2 aliphatic rings. The molecule has 0 spiro atoms. The Morgan fingerprint density at radius 3 is 2.45 bits per heavy atom. The van der Waals surface area contributed by atoms with Gasteiger partial charge < -0.3 is 23.7 Å². The Morgan fingerprint density at radius 2 is 1.80 bits per heavy atom. The number of likely N-dealkylation sites (tertiary alicyclic amines) is 1. The van der Waals surface area contributed by atoms with Gasteiger partial charge in [-0.2, -0.15) is 5.10 Å². The number of benzene rings is 1. The molecule has 0 radical (unpaired) electrons. The van der Waals surface area contributed by atoms with Crippen molar-refractivity contribution in [2.45, 2.75) is 66.7 Å². The average molecular weight is 551 g/mol. The first-order valence-electron chi connectivity index (χ1n) is 13.8. The minimum Gasteiger partial charge on any atom is -0.491 e. The van der Waals surface area contributed by atoms with Gasteiger partial charge in [-0.3, -0.25) is 9.48 Å². The van der Waals surface area contributed by atoms with Crippen LogP contribution in [0.2, 0.25) is 0 Å². The highest BCUT2D eigenvalue weighted by Gasteiger charge is 2.37. The first-order chi connectivity index (χ1) is 18.8. The summed E-state index contributed by atoms with van der Waals surface area (Å²) in [5, 5.41) is 5.80. The predicted octanol–water partition coefficient (Wildman–Crippen LogP) is 4.89. The lowest BCUT2D eigenvalue weighted by molar-refractivity contribution is -0.00775. The second-order valence-corrected chi connectivity index (χ2v) is 12.7. The van der Waals surface area contributed by atoms with Crippen LogP contribution in [-0.2, 0) is 16.0 Å². The largest absolute Gasteiger partial charge is 0.491 e. The molecule has 2 aromatic heterocycles. The van der Waals surface area contributed by atoms with Crippen LogP contribution >= 0.6 is 0 Å². The van der Waals surface area contributed by atoms with Gasteiger partial charge in [-0.05, 0) is 39.2 Å². The fourth-order valence-electron chi connectivity index (χ4n) is 5.31. The lowest BCUT2D eigenvalue weighted by Crippen LogP contribution is -2.53. The van der Waals surface area contributed by atoms with Gasteiger partial charge in [0.2, 0.25) is 0 Å². The summed E-state index contributed by atoms with van der Waals surface area (Å²) in [6.07, 6.45) is 1.34. The van der Waals surface area contributed by atoms with Crippen molar-refractivity contribution in [3.63, 3.8) is 0 Å². The Labute approximate surface area is 233 Å². The van der Waals surface area contributed by atoms with Crippen molar-refractivity contribution >= 4 is 23.0 Å². The van der Waals surface area contributed by atoms with Crippen molar-refractivity contribution in [1.82, 2.24) is 19.2 Å². The molecule has 3 aromatic rings. The smallest absolute Gasteiger partial charge is 0.410 e. The average Bonchev–Trinajstić information content (AvgIpc) is 3.20. The van der Waals surface area contributed by atoms with E-state index in [1.165, 1.54) is 6.07 Å². The first kappa shape index (κ1) is 27.7. The van der Waals surface area contributed by atoms with E-state index in [0.29, 0.717) is 43.2 Å². The van der Waals surface area contributed by atoms with E-state index < -0.39 is 11.6 Å². The summed E-state index contributed by atoms with van der Waals surface area (Å²) in [6, 6.07) is 7.24. The summed E-state index contributed by atoms with van der Waals surface area (Å²) >= 11 is 0. The molecule has 1 saturated heterocycles. The van der Waals surface area contributed by atoms with Gasteiger partial charge in [-0.1, -0.05) is 32.9 Å². The van der Waals surface area contributed by atoms with Gasteiger partial charge in [0.05, 0.1) is 37.2 Å². The molecule has 10 heteroatoms. The monoisotopic (exact) mass is 550 g/mol. The number of aromatic nitrogens is 3. The van der Waals surface area contributed by atoms with E-state index in [1.54, 1.807) is 18.0 Å². The van der Waals surface area contributed by atoms with Crippen molar-refractivity contribution in [1.29, 1.82) is 0 Å². The van der Waals surface area contributed by atoms with E-state index >= 15 is 0 Å². The quantitative estimate of drug-likeness (QED) is 0.417. The molecule has 1 amide bonds. The third kappa shape index (κ3) is 5.19. The van der Waals surface area contributed by atoms with Gasteiger partial charge in [0.1, 0.15) is 22.4 Å². The molecular formula is C30H38N4O6. The van der Waals surface area contributed by atoms with Crippen LogP contribution in [0, 0.1) is 11.3 Å². The third-order valence-electron chi connectivity index (χ3n) is 7.32. The zero-order valence-electron chi connectivity index (χ0n) is 24.3. The maximum atomic E-state index is 13.1. The third-order valence-corrected chi connectivity index (χ3v) is 7.32. The molecule has 5 rings (SSSR count). The number of carbonyl (C=O) groups excluding carboxylic acids is 2. The zero-order chi connectivity index (χ0) is 29.0. The van der Waals surface area contributed by atoms with Crippen molar-refractivity contribution < 1.29 is 23.8 Å². The summed E-state index contributed by atoms with van der Waals surface area (Å²) < 4.78 is 20.8. The number of ether oxygens (including phenoxy) is 3. The number of carbonyl (C=O) groups is 2. The molecule has 1 unspecified atom stereocenters. The summed E-state index contributed by atoms with van der Waals surface area (Å²) in [5.74, 6) is 0.238. The maximum absolute atomic E-state index is 13.1. The Bertz CT molecular complexity index is 1520. The highest BCUT2D eigenvalue weighted by atomic mass is 16.6. The maximum Gasteiger partial charge on any atom is 0.410 e. The van der Waals surface area contributed by atoms with Crippen LogP contribution < -0.4 is 10.2 Å². The van der Waals surface area contributed by atoms with Gasteiger partial charge in [0, 0.05) is 36.7 Å². The first-order valence-corrected chi connectivity index (χ1v) is 13.8. The molecule has 2 aliphatic heterocycles. The fraction of sp³-hybridized carbons (Fsp3) is 0.533. The van der Waals surface area contributed by atoms with E-state index in [0.717, 1.165) is 11.1 Å². The zero-order valence-corrected chi connectivity index (χ0v) is 24.3. The second kappa shape index (κ2) is 9.98. The second-order valence-electron chi connectivity index (χ2n) is 12.7. The van der Waals surface area contributed by atoms with Gasteiger partial charge >= 0.3 is 12.1 Å². The topological polar surface area (TPSA) is 105 Å². The van der Waals surface area contributed by atoms with E-state index in [-0.39, 0.29) is 41.1 Å². The summed E-state index contributed by atoms with van der Waals surface area (Å²) in [4.78, 5) is 39.5. The number of rotatable bonds is 5. The fourth-order valence-corrected chi connectivity index (χ4v) is 5.31. The van der Waals surface area contributed by atoms with E-state index in [1.807, 2.05) is 48.2 Å². The molecule has 0 bridgehead atoms. The minimum absolute atomic E-state index is 0.0297. The number of amides is 1. The van der Waals surface area contributed by atoms with Crippen LogP contribution in [0.1, 0.15) is 64.9 Å². The van der Waals surface area contributed by atoms with Crippen LogP contribution in [0.4, 0.5) is 4.79 Å². The van der Waals surface area contributed by atoms with E-state index in [4.69, 9.17) is 19.3 Å². The molecule has 10 nitrogen and oxygen atoms in total. The SMILES string of the molecule is CCOC(=O)c1cn2c(cc1=O)-c1c3cccc(OCC4CN(C(=O)OC(C)(C)C)C4)c3nn1CC2C(C)(C)C. The van der Waals surface area contributed by atoms with Gasteiger partial charge in [-0.15, -0.1) is 0 Å². The standard InChI is InChI=1S/C30H38N4O6/c1-8-38-27(36)20-15-33-21(12-22(20)35)26-19-10-9-11-23(25(19)31-34(26)16-24(33)29(2,3)4)39-17-18-13-32(14-18)28(37)40-30(5,6)7/h9-12,15,18,24H,8,13-14,16-17H2,1-7H3. The molecule has 0 aliphatic carbocycles. The van der Waals surface area contributed by atoms with Gasteiger partial charge in [0.15, 0.2) is 5.43 Å². The predicted molar refractivity (Wildman–Crippen MR) is 151 cm³/mol. The molecule has 1 atom stereocenters. The van der Waals surface area contributed by atoms with Crippen LogP contribution in [0.3, 0.4) is 0 Å². The lowest BCUT2D eigenvalue weighted by atomic mass is 9.85. The number of hydrogen-bond donors (Lipinski definition) is 0. The number of esters is 1. The molecule has 214 valence electrons. The highest BCUT2D eigenvalue weighted by Crippen LogP contribution is 2.43. The van der Waals surface area contributed by atoms with E-state index in [9.17, 15) is 14.4 Å². The lowest BCUT2D eigenvalue weighted by Gasteiger charge is -2.39. The van der Waals surface area contributed by atoms with Crippen molar-refractivity contribution in [2.24, 2.45) is 11.3 Å². The van der Waals surface area contributed by atoms with Crippen molar-refractivity contribution in [2.75, 3.05) is 26.3 Å². The Hall–Kier alpha value is -3.82. The van der Waals surface area contributed by atoms with Crippen LogP contribution in [-0.4, -0.2) is 63.2 Å². The number of pyridine rings is 1. The molecule has 1 fully saturated rings. The summed E-state index contributed by atoms with van der Waals surface area (Å²) in [5.41, 5.74) is 1.17. The molecule has 0 N–H and O–H groups in total. The highest BCUT2D eigenvalue weighted by molar-refractivity contribution is 5.97. The molecule has 0 saturated carbocycles. The van der Waals surface area contributed by atoms with Gasteiger partial charge in [-0.25, -0.2) is 9.59 Å². The van der Waals surface area contributed by atoms with Gasteiger partial charge in [0.25, 0.3) is 0 Å². The molecular weight excluding hydrogens is 512 g/mol. The molecule has 1 aromatic carbocycles. The summed E-state index contributed by atoms with van der Waals surface area (Å²) in [7, 11) is 0. The normalized spacial score (nSPS) is 17.2. The van der Waals surface area contributed by atoms with Crippen LogP contribution in [0.5, 0.6) is 5.75 Å².